The third-order valence-electron chi connectivity index (χ3n) is 2.04. The van der Waals surface area contributed by atoms with Gasteiger partial charge in [0.2, 0.25) is 0 Å². The number of anilines is 1. The van der Waals surface area contributed by atoms with E-state index in [0.29, 0.717) is 11.8 Å². The molecule has 1 unspecified atom stereocenters. The second kappa shape index (κ2) is 5.69. The normalized spacial score (nSPS) is 12.2. The van der Waals surface area contributed by atoms with E-state index in [-0.39, 0.29) is 11.4 Å². The van der Waals surface area contributed by atoms with Crippen LogP contribution in [-0.4, -0.2) is 34.1 Å². The van der Waals surface area contributed by atoms with Crippen LogP contribution in [0.3, 0.4) is 0 Å². The van der Waals surface area contributed by atoms with Crippen LogP contribution in [0.2, 0.25) is 0 Å². The van der Waals surface area contributed by atoms with Gasteiger partial charge >= 0.3 is 5.97 Å². The number of aromatic carboxylic acids is 1. The first-order valence-corrected chi connectivity index (χ1v) is 5.99. The molecule has 0 spiro atoms. The van der Waals surface area contributed by atoms with Gasteiger partial charge in [-0.2, -0.15) is 11.8 Å². The number of carbonyl (C=O) groups is 1. The molecule has 1 atom stereocenters. The fourth-order valence-corrected chi connectivity index (χ4v) is 1.32. The lowest BCUT2D eigenvalue weighted by atomic mass is 10.2. The molecule has 1 aromatic heterocycles. The number of thioether (sulfide) groups is 1. The summed E-state index contributed by atoms with van der Waals surface area (Å²) in [5, 5.41) is 12.1. The Morgan fingerprint density at radius 3 is 3.00 bits per heavy atom. The van der Waals surface area contributed by atoms with Gasteiger partial charge in [-0.1, -0.05) is 6.92 Å². The summed E-state index contributed by atoms with van der Waals surface area (Å²) in [6.07, 6.45) is 2.96. The Morgan fingerprint density at radius 2 is 2.44 bits per heavy atom. The monoisotopic (exact) mass is 244 g/mol. The van der Waals surface area contributed by atoms with Crippen molar-refractivity contribution in [1.29, 1.82) is 0 Å². The highest BCUT2D eigenvalue weighted by Gasteiger charge is 2.13. The molecule has 1 aromatic rings. The second-order valence-electron chi connectivity index (χ2n) is 3.28. The van der Waals surface area contributed by atoms with Gasteiger partial charge < -0.3 is 10.4 Å². The van der Waals surface area contributed by atoms with Crippen LogP contribution in [0.15, 0.2) is 12.3 Å². The molecule has 1 rings (SSSR count). The summed E-state index contributed by atoms with van der Waals surface area (Å²) in [7, 11) is 0. The van der Waals surface area contributed by atoms with Gasteiger partial charge in [0, 0.05) is 11.8 Å². The topological polar surface area (TPSA) is 62.2 Å². The Morgan fingerprint density at radius 1 is 1.75 bits per heavy atom. The van der Waals surface area contributed by atoms with Crippen LogP contribution in [-0.2, 0) is 0 Å². The first-order valence-electron chi connectivity index (χ1n) is 4.70. The molecule has 0 aliphatic carbocycles. The van der Waals surface area contributed by atoms with Crippen LogP contribution in [0, 0.1) is 5.82 Å². The Hall–Kier alpha value is -1.30. The van der Waals surface area contributed by atoms with Crippen molar-refractivity contribution in [2.24, 2.45) is 0 Å². The maximum absolute atomic E-state index is 12.8. The van der Waals surface area contributed by atoms with E-state index in [2.05, 4.69) is 10.3 Å². The number of hydrogen-bond acceptors (Lipinski definition) is 4. The van der Waals surface area contributed by atoms with E-state index in [1.54, 1.807) is 11.8 Å². The van der Waals surface area contributed by atoms with Crippen LogP contribution in [0.5, 0.6) is 0 Å². The van der Waals surface area contributed by atoms with Gasteiger partial charge in [0.1, 0.15) is 17.2 Å². The van der Waals surface area contributed by atoms with Crippen LogP contribution >= 0.6 is 11.8 Å². The molecule has 1 heterocycles. The molecule has 0 saturated heterocycles. The van der Waals surface area contributed by atoms with E-state index in [1.807, 2.05) is 13.2 Å². The fourth-order valence-electron chi connectivity index (χ4n) is 1.07. The third-order valence-corrected chi connectivity index (χ3v) is 3.02. The van der Waals surface area contributed by atoms with Crippen molar-refractivity contribution in [3.63, 3.8) is 0 Å². The number of carboxylic acids is 1. The number of rotatable bonds is 5. The second-order valence-corrected chi connectivity index (χ2v) is 4.56. The average Bonchev–Trinajstić information content (AvgIpc) is 2.26. The maximum Gasteiger partial charge on any atom is 0.339 e. The number of pyridine rings is 1. The lowest BCUT2D eigenvalue weighted by Gasteiger charge is -2.11. The van der Waals surface area contributed by atoms with Crippen molar-refractivity contribution in [2.75, 3.05) is 18.1 Å². The van der Waals surface area contributed by atoms with Crippen LogP contribution in [0.4, 0.5) is 10.2 Å². The molecule has 4 nitrogen and oxygen atoms in total. The van der Waals surface area contributed by atoms with Gasteiger partial charge in [-0.05, 0) is 12.3 Å². The highest BCUT2D eigenvalue weighted by molar-refractivity contribution is 7.99. The molecule has 0 aliphatic heterocycles. The molecule has 2 N–H and O–H groups in total. The Labute approximate surface area is 97.3 Å². The SMILES string of the molecule is CSC(C)CNc1ncc(F)cc1C(=O)O. The van der Waals surface area contributed by atoms with Gasteiger partial charge in [-0.15, -0.1) is 0 Å². The molecule has 0 aromatic carbocycles. The third kappa shape index (κ3) is 3.37. The van der Waals surface area contributed by atoms with Gasteiger partial charge in [0.25, 0.3) is 0 Å². The Kier molecular flexibility index (Phi) is 4.54. The number of carboxylic acid groups (broad SMARTS) is 1. The molecule has 0 radical (unpaired) electrons. The summed E-state index contributed by atoms with van der Waals surface area (Å²) in [6.45, 7) is 2.59. The predicted octanol–water partition coefficient (Wildman–Crippen LogP) is 2.08. The molecule has 0 aliphatic rings. The summed E-state index contributed by atoms with van der Waals surface area (Å²) in [6, 6.07) is 0.960. The molecular weight excluding hydrogens is 231 g/mol. The van der Waals surface area contributed by atoms with E-state index in [1.165, 1.54) is 0 Å². The zero-order valence-corrected chi connectivity index (χ0v) is 9.84. The van der Waals surface area contributed by atoms with E-state index in [0.717, 1.165) is 12.3 Å². The number of nitrogens with zero attached hydrogens (tertiary/aromatic N) is 1. The summed E-state index contributed by atoms with van der Waals surface area (Å²) in [4.78, 5) is 14.6. The maximum atomic E-state index is 12.8. The average molecular weight is 244 g/mol. The standard InChI is InChI=1S/C10H13FN2O2S/c1-6(16-2)4-12-9-8(10(14)15)3-7(11)5-13-9/h3,5-6H,4H2,1-2H3,(H,12,13)(H,14,15). The minimum Gasteiger partial charge on any atom is -0.478 e. The summed E-state index contributed by atoms with van der Waals surface area (Å²) in [5.41, 5.74) is -0.145. The minimum atomic E-state index is -1.19. The van der Waals surface area contributed by atoms with Crippen LogP contribution in [0.25, 0.3) is 0 Å². The lowest BCUT2D eigenvalue weighted by Crippen LogP contribution is -2.16. The quantitative estimate of drug-likeness (QED) is 0.830. The Balaban J connectivity index is 2.82. The van der Waals surface area contributed by atoms with Crippen LogP contribution in [0.1, 0.15) is 17.3 Å². The van der Waals surface area contributed by atoms with Crippen molar-refractivity contribution >= 4 is 23.5 Å². The number of nitrogens with one attached hydrogen (secondary N) is 1. The molecule has 16 heavy (non-hydrogen) atoms. The zero-order valence-electron chi connectivity index (χ0n) is 9.03. The summed E-state index contributed by atoms with van der Waals surface area (Å²) < 4.78 is 12.8. The lowest BCUT2D eigenvalue weighted by molar-refractivity contribution is 0.0697. The smallest absolute Gasteiger partial charge is 0.339 e. The van der Waals surface area contributed by atoms with Crippen molar-refractivity contribution in [2.45, 2.75) is 12.2 Å². The molecule has 0 fully saturated rings. The predicted molar refractivity (Wildman–Crippen MR) is 62.6 cm³/mol. The molecule has 88 valence electrons. The van der Waals surface area contributed by atoms with Crippen molar-refractivity contribution < 1.29 is 14.3 Å². The van der Waals surface area contributed by atoms with E-state index in [4.69, 9.17) is 5.11 Å². The molecular formula is C10H13FN2O2S. The van der Waals surface area contributed by atoms with E-state index < -0.39 is 11.8 Å². The highest BCUT2D eigenvalue weighted by atomic mass is 32.2. The van der Waals surface area contributed by atoms with Crippen molar-refractivity contribution in [3.05, 3.63) is 23.6 Å². The summed E-state index contributed by atoms with van der Waals surface area (Å²) in [5.74, 6) is -1.64. The number of halogens is 1. The van der Waals surface area contributed by atoms with E-state index in [9.17, 15) is 9.18 Å². The largest absolute Gasteiger partial charge is 0.478 e. The first kappa shape index (κ1) is 12.8. The molecule has 6 heteroatoms. The number of aromatic nitrogens is 1. The highest BCUT2D eigenvalue weighted by Crippen LogP contribution is 2.14. The molecule has 0 bridgehead atoms. The van der Waals surface area contributed by atoms with Crippen LogP contribution < -0.4 is 5.32 Å². The molecule has 0 amide bonds. The van der Waals surface area contributed by atoms with Crippen molar-refractivity contribution in [3.8, 4) is 0 Å². The summed E-state index contributed by atoms with van der Waals surface area (Å²) >= 11 is 1.65. The van der Waals surface area contributed by atoms with Gasteiger partial charge in [0.15, 0.2) is 0 Å². The minimum absolute atomic E-state index is 0.145. The van der Waals surface area contributed by atoms with Crippen molar-refractivity contribution in [1.82, 2.24) is 4.98 Å². The Bertz CT molecular complexity index is 387. The molecule has 0 saturated carbocycles. The van der Waals surface area contributed by atoms with Gasteiger partial charge in [-0.25, -0.2) is 14.2 Å². The van der Waals surface area contributed by atoms with Gasteiger partial charge in [-0.3, -0.25) is 0 Å². The zero-order chi connectivity index (χ0) is 12.1. The number of hydrogen-bond donors (Lipinski definition) is 2. The van der Waals surface area contributed by atoms with Gasteiger partial charge in [0.05, 0.1) is 6.20 Å². The fraction of sp³-hybridized carbons (Fsp3) is 0.400. The van der Waals surface area contributed by atoms with E-state index >= 15 is 0 Å². The first-order chi connectivity index (χ1) is 7.54.